The van der Waals surface area contributed by atoms with E-state index in [0.717, 1.165) is 25.8 Å². The van der Waals surface area contributed by atoms with Gasteiger partial charge in [0.25, 0.3) is 0 Å². The smallest absolute Gasteiger partial charge is 0.302 e. The molecule has 1 aliphatic heterocycles. The van der Waals surface area contributed by atoms with E-state index in [9.17, 15) is 14.4 Å². The molecular formula is C14H24N2O4. The lowest BCUT2D eigenvalue weighted by Gasteiger charge is -2.28. The standard InChI is InChI=1S/C11H18N2O2.C3H6O2/c1-3-10(14)12-9(2)13-8-6-4-5-7-11(13)15;1-3(4)5-2/h3,9H,1,4-8H2,2H3,(H,12,14);1-2H3. The van der Waals surface area contributed by atoms with Crippen LogP contribution in [0.2, 0.25) is 0 Å². The average Bonchev–Trinajstić information content (AvgIpc) is 2.63. The molecule has 1 unspecified atom stereocenters. The number of rotatable bonds is 3. The summed E-state index contributed by atoms with van der Waals surface area (Å²) in [7, 11) is 1.35. The number of ether oxygens (including phenoxy) is 1. The van der Waals surface area contributed by atoms with Crippen LogP contribution in [0.5, 0.6) is 0 Å². The number of methoxy groups -OCH3 is 1. The van der Waals surface area contributed by atoms with E-state index < -0.39 is 0 Å². The van der Waals surface area contributed by atoms with Crippen LogP contribution in [0.1, 0.15) is 39.5 Å². The topological polar surface area (TPSA) is 75.7 Å². The van der Waals surface area contributed by atoms with Gasteiger partial charge in [-0.1, -0.05) is 13.0 Å². The zero-order valence-electron chi connectivity index (χ0n) is 12.5. The number of likely N-dealkylation sites (tertiary alicyclic amines) is 1. The maximum atomic E-state index is 11.7. The van der Waals surface area contributed by atoms with Crippen LogP contribution in [0.3, 0.4) is 0 Å². The monoisotopic (exact) mass is 284 g/mol. The third-order valence-electron chi connectivity index (χ3n) is 2.90. The number of nitrogens with one attached hydrogen (secondary N) is 1. The highest BCUT2D eigenvalue weighted by molar-refractivity contribution is 5.87. The molecule has 1 atom stereocenters. The molecule has 1 fully saturated rings. The molecule has 1 saturated heterocycles. The highest BCUT2D eigenvalue weighted by atomic mass is 16.5. The Morgan fingerprint density at radius 1 is 1.40 bits per heavy atom. The van der Waals surface area contributed by atoms with Crippen LogP contribution in [0.4, 0.5) is 0 Å². The minimum absolute atomic E-state index is 0.129. The number of hydrogen-bond donors (Lipinski definition) is 1. The van der Waals surface area contributed by atoms with Crippen molar-refractivity contribution in [1.82, 2.24) is 10.2 Å². The number of nitrogens with zero attached hydrogens (tertiary/aromatic N) is 1. The van der Waals surface area contributed by atoms with Gasteiger partial charge in [-0.15, -0.1) is 0 Å². The van der Waals surface area contributed by atoms with Gasteiger partial charge in [0.05, 0.1) is 7.11 Å². The Morgan fingerprint density at radius 2 is 2.00 bits per heavy atom. The summed E-state index contributed by atoms with van der Waals surface area (Å²) in [5.74, 6) is -0.353. The Morgan fingerprint density at radius 3 is 2.50 bits per heavy atom. The molecule has 114 valence electrons. The van der Waals surface area contributed by atoms with E-state index in [1.165, 1.54) is 20.1 Å². The molecule has 0 aliphatic carbocycles. The number of hydrogen-bond acceptors (Lipinski definition) is 4. The van der Waals surface area contributed by atoms with Crippen molar-refractivity contribution in [3.8, 4) is 0 Å². The second-order valence-corrected chi connectivity index (χ2v) is 4.48. The van der Waals surface area contributed by atoms with Crippen molar-refractivity contribution in [2.45, 2.75) is 45.7 Å². The zero-order chi connectivity index (χ0) is 15.5. The quantitative estimate of drug-likeness (QED) is 0.624. The molecule has 0 spiro atoms. The van der Waals surface area contributed by atoms with Crippen molar-refractivity contribution in [2.75, 3.05) is 13.7 Å². The molecule has 0 aromatic carbocycles. The zero-order valence-corrected chi connectivity index (χ0v) is 12.5. The molecule has 1 N–H and O–H groups in total. The third-order valence-corrected chi connectivity index (χ3v) is 2.90. The molecule has 6 heteroatoms. The van der Waals surface area contributed by atoms with Crippen molar-refractivity contribution in [3.05, 3.63) is 12.7 Å². The van der Waals surface area contributed by atoms with Gasteiger partial charge in [-0.25, -0.2) is 0 Å². The maximum Gasteiger partial charge on any atom is 0.302 e. The van der Waals surface area contributed by atoms with Gasteiger partial charge in [-0.3, -0.25) is 14.4 Å². The first-order chi connectivity index (χ1) is 9.42. The molecule has 1 heterocycles. The summed E-state index contributed by atoms with van der Waals surface area (Å²) in [6.07, 6.45) is 4.63. The lowest BCUT2D eigenvalue weighted by Crippen LogP contribution is -2.48. The predicted molar refractivity (Wildman–Crippen MR) is 75.7 cm³/mol. The maximum absolute atomic E-state index is 11.7. The van der Waals surface area contributed by atoms with Crippen molar-refractivity contribution >= 4 is 17.8 Å². The lowest BCUT2D eigenvalue weighted by atomic mass is 10.2. The van der Waals surface area contributed by atoms with Crippen LogP contribution < -0.4 is 5.32 Å². The van der Waals surface area contributed by atoms with Crippen LogP contribution in [0.15, 0.2) is 12.7 Å². The summed E-state index contributed by atoms with van der Waals surface area (Å²) in [5, 5.41) is 2.71. The molecule has 0 aromatic heterocycles. The first-order valence-electron chi connectivity index (χ1n) is 6.69. The second kappa shape index (κ2) is 10.00. The van der Waals surface area contributed by atoms with E-state index in [1.54, 1.807) is 4.90 Å². The van der Waals surface area contributed by atoms with Crippen molar-refractivity contribution in [1.29, 1.82) is 0 Å². The van der Waals surface area contributed by atoms with Crippen LogP contribution in [0, 0.1) is 0 Å². The number of amides is 2. The average molecular weight is 284 g/mol. The van der Waals surface area contributed by atoms with Crippen LogP contribution in [-0.4, -0.2) is 42.5 Å². The van der Waals surface area contributed by atoms with Crippen LogP contribution >= 0.6 is 0 Å². The Bertz CT molecular complexity index is 355. The molecule has 1 rings (SSSR count). The minimum atomic E-state index is -0.245. The van der Waals surface area contributed by atoms with E-state index >= 15 is 0 Å². The summed E-state index contributed by atoms with van der Waals surface area (Å²) in [6, 6.07) is 0. The summed E-state index contributed by atoms with van der Waals surface area (Å²) >= 11 is 0. The molecule has 6 nitrogen and oxygen atoms in total. The fraction of sp³-hybridized carbons (Fsp3) is 0.643. The lowest BCUT2D eigenvalue weighted by molar-refractivity contribution is -0.138. The fourth-order valence-electron chi connectivity index (χ4n) is 1.76. The van der Waals surface area contributed by atoms with Crippen molar-refractivity contribution in [2.24, 2.45) is 0 Å². The predicted octanol–water partition coefficient (Wildman–Crippen LogP) is 1.22. The highest BCUT2D eigenvalue weighted by Gasteiger charge is 2.22. The SMILES string of the molecule is C=CC(=O)NC(C)N1CCCCCC1=O.COC(C)=O. The molecule has 0 bridgehead atoms. The molecule has 0 radical (unpaired) electrons. The molecule has 0 aromatic rings. The Labute approximate surface area is 120 Å². The van der Waals surface area contributed by atoms with Crippen LogP contribution in [-0.2, 0) is 19.1 Å². The Hall–Kier alpha value is -1.85. The summed E-state index contributed by atoms with van der Waals surface area (Å²) in [4.78, 5) is 34.1. The van der Waals surface area contributed by atoms with E-state index in [0.29, 0.717) is 6.42 Å². The third kappa shape index (κ3) is 7.56. The largest absolute Gasteiger partial charge is 0.469 e. The molecule has 0 saturated carbocycles. The number of carbonyl (C=O) groups excluding carboxylic acids is 3. The minimum Gasteiger partial charge on any atom is -0.469 e. The fourth-order valence-corrected chi connectivity index (χ4v) is 1.76. The van der Waals surface area contributed by atoms with Gasteiger partial charge < -0.3 is 15.0 Å². The van der Waals surface area contributed by atoms with Crippen molar-refractivity contribution in [3.63, 3.8) is 0 Å². The van der Waals surface area contributed by atoms with Gasteiger partial charge in [0, 0.05) is 19.9 Å². The van der Waals surface area contributed by atoms with E-state index in [4.69, 9.17) is 0 Å². The normalized spacial score (nSPS) is 16.1. The number of carbonyl (C=O) groups is 3. The van der Waals surface area contributed by atoms with E-state index in [2.05, 4.69) is 16.6 Å². The summed E-state index contributed by atoms with van der Waals surface area (Å²) in [6.45, 7) is 7.30. The van der Waals surface area contributed by atoms with Crippen LogP contribution in [0.25, 0.3) is 0 Å². The van der Waals surface area contributed by atoms with Gasteiger partial charge in [-0.05, 0) is 25.8 Å². The summed E-state index contributed by atoms with van der Waals surface area (Å²) < 4.78 is 4.11. The first kappa shape index (κ1) is 18.1. The first-order valence-corrected chi connectivity index (χ1v) is 6.69. The van der Waals surface area contributed by atoms with Gasteiger partial charge in [0.2, 0.25) is 11.8 Å². The van der Waals surface area contributed by atoms with Gasteiger partial charge in [-0.2, -0.15) is 0 Å². The Balaban J connectivity index is 0.000000621. The number of esters is 1. The molecule has 1 aliphatic rings. The molecule has 2 amide bonds. The van der Waals surface area contributed by atoms with Gasteiger partial charge >= 0.3 is 5.97 Å². The summed E-state index contributed by atoms with van der Waals surface area (Å²) in [5.41, 5.74) is 0. The van der Waals surface area contributed by atoms with E-state index in [1.807, 2.05) is 6.92 Å². The van der Waals surface area contributed by atoms with E-state index in [-0.39, 0.29) is 23.9 Å². The second-order valence-electron chi connectivity index (χ2n) is 4.48. The van der Waals surface area contributed by atoms with Crippen molar-refractivity contribution < 1.29 is 19.1 Å². The Kier molecular flexibility index (Phi) is 9.07. The molecular weight excluding hydrogens is 260 g/mol. The van der Waals surface area contributed by atoms with Gasteiger partial charge in [0.1, 0.15) is 6.17 Å². The molecule has 20 heavy (non-hydrogen) atoms. The van der Waals surface area contributed by atoms with Gasteiger partial charge in [0.15, 0.2) is 0 Å². The highest BCUT2D eigenvalue weighted by Crippen LogP contribution is 2.12.